The number of carbonyl (C=O) groups is 1. The summed E-state index contributed by atoms with van der Waals surface area (Å²) in [6.07, 6.45) is 7.01. The van der Waals surface area contributed by atoms with Gasteiger partial charge in [0.1, 0.15) is 11.6 Å². The van der Waals surface area contributed by atoms with Crippen LogP contribution in [0.2, 0.25) is 0 Å². The standard InChI is InChI=1S/C24H30FN7OS/c25-18-1-2-21-20(11-18)29-22(15-34)32(21)19-5-9-31(10-6-19)23(33)17-3-7-30(8-4-17)14-16-12-27-24(26)28-13-16/h1-2,11-13,17,19,34H,3-10,14-15H2,(H2,26,27,28). The number of benzene rings is 1. The fraction of sp³-hybridized carbons (Fsp3) is 0.500. The maximum Gasteiger partial charge on any atom is 0.225 e. The van der Waals surface area contributed by atoms with E-state index in [9.17, 15) is 9.18 Å². The number of carbonyl (C=O) groups excluding carboxylic acids is 1. The summed E-state index contributed by atoms with van der Waals surface area (Å²) in [6, 6.07) is 5.00. The number of likely N-dealkylation sites (tertiary alicyclic amines) is 2. The van der Waals surface area contributed by atoms with E-state index in [0.717, 1.165) is 75.3 Å². The molecule has 3 aromatic rings. The molecule has 0 spiro atoms. The molecule has 1 aromatic carbocycles. The second-order valence-corrected chi connectivity index (χ2v) is 9.56. The van der Waals surface area contributed by atoms with Crippen LogP contribution in [-0.2, 0) is 17.1 Å². The molecular formula is C24H30FN7OS. The van der Waals surface area contributed by atoms with Crippen molar-refractivity contribution in [3.05, 3.63) is 47.8 Å². The zero-order valence-electron chi connectivity index (χ0n) is 19.1. The molecule has 0 atom stereocenters. The maximum atomic E-state index is 13.7. The Kier molecular flexibility index (Phi) is 6.69. The van der Waals surface area contributed by atoms with E-state index in [-0.39, 0.29) is 29.6 Å². The molecule has 0 unspecified atom stereocenters. The number of piperidine rings is 2. The highest BCUT2D eigenvalue weighted by atomic mass is 32.1. The Morgan fingerprint density at radius 2 is 1.79 bits per heavy atom. The van der Waals surface area contributed by atoms with Gasteiger partial charge in [-0.05, 0) is 50.9 Å². The lowest BCUT2D eigenvalue weighted by molar-refractivity contribution is -0.138. The van der Waals surface area contributed by atoms with E-state index in [0.29, 0.717) is 11.3 Å². The molecule has 0 aliphatic carbocycles. The van der Waals surface area contributed by atoms with Gasteiger partial charge in [-0.25, -0.2) is 19.3 Å². The average Bonchev–Trinajstić information content (AvgIpc) is 3.23. The van der Waals surface area contributed by atoms with Crippen molar-refractivity contribution >= 4 is 35.5 Å². The van der Waals surface area contributed by atoms with Crippen LogP contribution in [-0.4, -0.2) is 61.4 Å². The lowest BCUT2D eigenvalue weighted by Crippen LogP contribution is -2.45. The van der Waals surface area contributed by atoms with E-state index in [4.69, 9.17) is 5.73 Å². The van der Waals surface area contributed by atoms with Gasteiger partial charge in [0.25, 0.3) is 0 Å². The monoisotopic (exact) mass is 483 g/mol. The molecule has 2 saturated heterocycles. The smallest absolute Gasteiger partial charge is 0.225 e. The number of rotatable bonds is 5. The third-order valence-electron chi connectivity index (χ3n) is 7.08. The molecule has 0 saturated carbocycles. The lowest BCUT2D eigenvalue weighted by Gasteiger charge is -2.38. The first-order chi connectivity index (χ1) is 16.5. The number of nitrogen functional groups attached to an aromatic ring is 1. The summed E-state index contributed by atoms with van der Waals surface area (Å²) < 4.78 is 15.9. The first-order valence-corrected chi connectivity index (χ1v) is 12.5. The third-order valence-corrected chi connectivity index (χ3v) is 7.36. The number of amides is 1. The van der Waals surface area contributed by atoms with Crippen LogP contribution in [0.15, 0.2) is 30.6 Å². The van der Waals surface area contributed by atoms with Gasteiger partial charge >= 0.3 is 0 Å². The Labute approximate surface area is 203 Å². The van der Waals surface area contributed by atoms with Crippen LogP contribution in [0.3, 0.4) is 0 Å². The first-order valence-electron chi connectivity index (χ1n) is 11.9. The van der Waals surface area contributed by atoms with Crippen molar-refractivity contribution in [2.45, 2.75) is 44.0 Å². The molecule has 1 amide bonds. The van der Waals surface area contributed by atoms with Crippen molar-refractivity contribution in [3.63, 3.8) is 0 Å². The molecule has 4 heterocycles. The number of imidazole rings is 1. The molecule has 2 fully saturated rings. The van der Waals surface area contributed by atoms with Crippen LogP contribution in [0.1, 0.15) is 43.1 Å². The van der Waals surface area contributed by atoms with Crippen LogP contribution in [0, 0.1) is 11.7 Å². The summed E-state index contributed by atoms with van der Waals surface area (Å²) in [6.45, 7) is 4.03. The van der Waals surface area contributed by atoms with Crippen LogP contribution in [0.5, 0.6) is 0 Å². The summed E-state index contributed by atoms with van der Waals surface area (Å²) in [4.78, 5) is 30.3. The number of nitrogens with zero attached hydrogens (tertiary/aromatic N) is 6. The van der Waals surface area contributed by atoms with Crippen LogP contribution in [0.4, 0.5) is 10.3 Å². The SMILES string of the molecule is Nc1ncc(CN2CCC(C(=O)N3CCC(n4c(CS)nc5cc(F)ccc54)CC3)CC2)cn1. The van der Waals surface area contributed by atoms with E-state index < -0.39 is 0 Å². The fourth-order valence-electron chi connectivity index (χ4n) is 5.29. The van der Waals surface area contributed by atoms with Crippen LogP contribution in [0.25, 0.3) is 11.0 Å². The Morgan fingerprint density at radius 1 is 1.09 bits per heavy atom. The number of hydrogen-bond donors (Lipinski definition) is 2. The Morgan fingerprint density at radius 3 is 2.47 bits per heavy atom. The number of halogens is 1. The summed E-state index contributed by atoms with van der Waals surface area (Å²) in [5.74, 6) is 1.72. The molecule has 2 aliphatic heterocycles. The van der Waals surface area contributed by atoms with Gasteiger partial charge in [-0.15, -0.1) is 0 Å². The molecule has 5 rings (SSSR count). The van der Waals surface area contributed by atoms with Gasteiger partial charge in [-0.1, -0.05) is 0 Å². The summed E-state index contributed by atoms with van der Waals surface area (Å²) in [5, 5.41) is 0. The van der Waals surface area contributed by atoms with E-state index >= 15 is 0 Å². The molecule has 180 valence electrons. The topological polar surface area (TPSA) is 93.2 Å². The van der Waals surface area contributed by atoms with Crippen LogP contribution >= 0.6 is 12.6 Å². The van der Waals surface area contributed by atoms with Crippen molar-refractivity contribution in [3.8, 4) is 0 Å². The molecule has 0 radical (unpaired) electrons. The highest BCUT2D eigenvalue weighted by Crippen LogP contribution is 2.31. The first kappa shape index (κ1) is 23.0. The molecule has 10 heteroatoms. The minimum Gasteiger partial charge on any atom is -0.368 e. The van der Waals surface area contributed by atoms with Crippen molar-refractivity contribution < 1.29 is 9.18 Å². The molecule has 2 aliphatic rings. The highest BCUT2D eigenvalue weighted by molar-refractivity contribution is 7.79. The van der Waals surface area contributed by atoms with Gasteiger partial charge in [0.05, 0.1) is 11.0 Å². The molecule has 2 N–H and O–H groups in total. The number of fused-ring (bicyclic) bond motifs is 1. The molecule has 8 nitrogen and oxygen atoms in total. The molecule has 34 heavy (non-hydrogen) atoms. The third kappa shape index (κ3) is 4.74. The number of aromatic nitrogens is 4. The maximum absolute atomic E-state index is 13.7. The zero-order chi connectivity index (χ0) is 23.7. The van der Waals surface area contributed by atoms with Crippen LogP contribution < -0.4 is 5.73 Å². The van der Waals surface area contributed by atoms with Gasteiger partial charge in [-0.2, -0.15) is 12.6 Å². The molecule has 2 aromatic heterocycles. The van der Waals surface area contributed by atoms with Gasteiger partial charge in [-0.3, -0.25) is 9.69 Å². The molecular weight excluding hydrogens is 453 g/mol. The van der Waals surface area contributed by atoms with Gasteiger partial charge < -0.3 is 15.2 Å². The number of nitrogens with two attached hydrogens (primary N) is 1. The largest absolute Gasteiger partial charge is 0.368 e. The second kappa shape index (κ2) is 9.87. The van der Waals surface area contributed by atoms with Crippen molar-refractivity contribution in [1.82, 2.24) is 29.3 Å². The van der Waals surface area contributed by atoms with Gasteiger partial charge in [0, 0.05) is 61.4 Å². The second-order valence-electron chi connectivity index (χ2n) is 9.25. The Hall–Kier alpha value is -2.72. The van der Waals surface area contributed by atoms with E-state index in [2.05, 4.69) is 37.0 Å². The minimum absolute atomic E-state index is 0.0838. The van der Waals surface area contributed by atoms with E-state index in [1.165, 1.54) is 12.1 Å². The van der Waals surface area contributed by atoms with Gasteiger partial charge in [0.15, 0.2) is 0 Å². The van der Waals surface area contributed by atoms with Crippen molar-refractivity contribution in [2.24, 2.45) is 5.92 Å². The average molecular weight is 484 g/mol. The van der Waals surface area contributed by atoms with E-state index in [1.807, 2.05) is 4.90 Å². The Balaban J connectivity index is 1.16. The highest BCUT2D eigenvalue weighted by Gasteiger charge is 2.32. The summed E-state index contributed by atoms with van der Waals surface area (Å²) in [7, 11) is 0. The van der Waals surface area contributed by atoms with Crippen molar-refractivity contribution in [2.75, 3.05) is 31.9 Å². The van der Waals surface area contributed by atoms with Gasteiger partial charge in [0.2, 0.25) is 11.9 Å². The molecule has 0 bridgehead atoms. The summed E-state index contributed by atoms with van der Waals surface area (Å²) in [5.41, 5.74) is 8.21. The van der Waals surface area contributed by atoms with Crippen molar-refractivity contribution in [1.29, 1.82) is 0 Å². The van der Waals surface area contributed by atoms with E-state index in [1.54, 1.807) is 18.5 Å². The fourth-order valence-corrected chi connectivity index (χ4v) is 5.51. The zero-order valence-corrected chi connectivity index (χ0v) is 20.0. The quantitative estimate of drug-likeness (QED) is 0.542. The number of thiol groups is 1. The Bertz CT molecular complexity index is 1150. The lowest BCUT2D eigenvalue weighted by atomic mass is 9.93. The minimum atomic E-state index is -0.281. The summed E-state index contributed by atoms with van der Waals surface area (Å²) >= 11 is 4.44. The normalized spacial score (nSPS) is 18.6. The predicted octanol–water partition coefficient (Wildman–Crippen LogP) is 3.05. The number of anilines is 1. The predicted molar refractivity (Wildman–Crippen MR) is 132 cm³/mol. The number of hydrogen-bond acceptors (Lipinski definition) is 7.